The number of methoxy groups -OCH3 is 1. The van der Waals surface area contributed by atoms with E-state index in [1.165, 1.54) is 5.56 Å². The van der Waals surface area contributed by atoms with Crippen LogP contribution in [0.25, 0.3) is 0 Å². The van der Waals surface area contributed by atoms with E-state index in [1.54, 1.807) is 7.11 Å². The van der Waals surface area contributed by atoms with Crippen molar-refractivity contribution in [3.8, 4) is 5.75 Å². The smallest absolute Gasteiger partial charge is 0.259 e. The molecule has 0 radical (unpaired) electrons. The standard InChI is InChI=1S/C22H31N3O4/c1-4-28-22(21-23-20(24-29-21)19-9-6-14-27-19)10-12-25(13-11-22)16(2)17-7-5-8-18(15-17)26-3/h5,7-8,15-16,19H,4,6,9-14H2,1-3H3/t16-,19+/m0/s1. The molecule has 2 aliphatic heterocycles. The van der Waals surface area contributed by atoms with Crippen molar-refractivity contribution in [1.82, 2.24) is 15.0 Å². The van der Waals surface area contributed by atoms with Gasteiger partial charge in [0.15, 0.2) is 0 Å². The van der Waals surface area contributed by atoms with Gasteiger partial charge in [0, 0.05) is 32.3 Å². The van der Waals surface area contributed by atoms with Gasteiger partial charge in [0.2, 0.25) is 5.82 Å². The molecule has 7 heteroatoms. The highest BCUT2D eigenvalue weighted by molar-refractivity contribution is 5.30. The second kappa shape index (κ2) is 8.81. The molecule has 1 aromatic carbocycles. The molecule has 2 aliphatic rings. The van der Waals surface area contributed by atoms with Crippen LogP contribution in [0.5, 0.6) is 5.75 Å². The van der Waals surface area contributed by atoms with Crippen LogP contribution < -0.4 is 4.74 Å². The summed E-state index contributed by atoms with van der Waals surface area (Å²) in [6, 6.07) is 8.59. The summed E-state index contributed by atoms with van der Waals surface area (Å²) >= 11 is 0. The molecule has 0 N–H and O–H groups in total. The molecule has 0 spiro atoms. The Morgan fingerprint density at radius 1 is 1.31 bits per heavy atom. The number of hydrogen-bond acceptors (Lipinski definition) is 7. The molecule has 2 aromatic rings. The molecule has 4 rings (SSSR count). The number of piperidine rings is 1. The van der Waals surface area contributed by atoms with Gasteiger partial charge in [-0.1, -0.05) is 17.3 Å². The van der Waals surface area contributed by atoms with Crippen molar-refractivity contribution in [3.63, 3.8) is 0 Å². The zero-order valence-corrected chi connectivity index (χ0v) is 17.6. The van der Waals surface area contributed by atoms with Crippen LogP contribution in [0.4, 0.5) is 0 Å². The van der Waals surface area contributed by atoms with E-state index in [2.05, 4.69) is 29.1 Å². The van der Waals surface area contributed by atoms with Gasteiger partial charge in [0.05, 0.1) is 7.11 Å². The Labute approximate surface area is 172 Å². The number of nitrogens with zero attached hydrogens (tertiary/aromatic N) is 3. The van der Waals surface area contributed by atoms with Crippen molar-refractivity contribution in [2.75, 3.05) is 33.4 Å². The Hall–Kier alpha value is -1.96. The van der Waals surface area contributed by atoms with Gasteiger partial charge >= 0.3 is 0 Å². The monoisotopic (exact) mass is 401 g/mol. The molecule has 2 saturated heterocycles. The molecule has 2 atom stereocenters. The van der Waals surface area contributed by atoms with Crippen LogP contribution in [0.15, 0.2) is 28.8 Å². The summed E-state index contributed by atoms with van der Waals surface area (Å²) in [5.74, 6) is 2.14. The minimum atomic E-state index is -0.511. The molecule has 0 saturated carbocycles. The molecule has 0 amide bonds. The lowest BCUT2D eigenvalue weighted by atomic mass is 9.89. The molecule has 3 heterocycles. The molecule has 7 nitrogen and oxygen atoms in total. The van der Waals surface area contributed by atoms with Crippen molar-refractivity contribution < 1.29 is 18.7 Å². The zero-order chi connectivity index (χ0) is 20.3. The topological polar surface area (TPSA) is 69.9 Å². The van der Waals surface area contributed by atoms with Crippen molar-refractivity contribution in [1.29, 1.82) is 0 Å². The highest BCUT2D eigenvalue weighted by Crippen LogP contribution is 2.39. The van der Waals surface area contributed by atoms with E-state index in [0.717, 1.165) is 51.1 Å². The van der Waals surface area contributed by atoms with Crippen LogP contribution in [0, 0.1) is 0 Å². The predicted molar refractivity (Wildman–Crippen MR) is 108 cm³/mol. The highest BCUT2D eigenvalue weighted by atomic mass is 16.5. The average molecular weight is 402 g/mol. The Morgan fingerprint density at radius 3 is 2.83 bits per heavy atom. The summed E-state index contributed by atoms with van der Waals surface area (Å²) in [5, 5.41) is 4.20. The molecular formula is C22H31N3O4. The summed E-state index contributed by atoms with van der Waals surface area (Å²) in [4.78, 5) is 7.17. The molecular weight excluding hydrogens is 370 g/mol. The molecule has 29 heavy (non-hydrogen) atoms. The zero-order valence-electron chi connectivity index (χ0n) is 17.6. The lowest BCUT2D eigenvalue weighted by Gasteiger charge is -2.41. The first-order valence-corrected chi connectivity index (χ1v) is 10.6. The van der Waals surface area contributed by atoms with E-state index in [4.69, 9.17) is 23.7 Å². The maximum atomic E-state index is 6.22. The largest absolute Gasteiger partial charge is 0.497 e. The Balaban J connectivity index is 1.47. The van der Waals surface area contributed by atoms with E-state index in [1.807, 2.05) is 19.1 Å². The molecule has 1 aromatic heterocycles. The number of ether oxygens (including phenoxy) is 3. The maximum absolute atomic E-state index is 6.22. The van der Waals surface area contributed by atoms with E-state index >= 15 is 0 Å². The summed E-state index contributed by atoms with van der Waals surface area (Å²) < 4.78 is 23.0. The van der Waals surface area contributed by atoms with Gasteiger partial charge in [-0.2, -0.15) is 4.98 Å². The summed E-state index contributed by atoms with van der Waals surface area (Å²) in [6.07, 6.45) is 3.60. The van der Waals surface area contributed by atoms with E-state index in [9.17, 15) is 0 Å². The van der Waals surface area contributed by atoms with Crippen molar-refractivity contribution >= 4 is 0 Å². The van der Waals surface area contributed by atoms with Crippen LogP contribution >= 0.6 is 0 Å². The van der Waals surface area contributed by atoms with Gasteiger partial charge in [-0.25, -0.2) is 0 Å². The Bertz CT molecular complexity index is 795. The van der Waals surface area contributed by atoms with Crippen LogP contribution in [0.2, 0.25) is 0 Å². The first-order chi connectivity index (χ1) is 14.1. The fraction of sp³-hybridized carbons (Fsp3) is 0.636. The molecule has 0 unspecified atom stereocenters. The van der Waals surface area contributed by atoms with Gasteiger partial charge in [0.25, 0.3) is 5.89 Å². The molecule has 0 aliphatic carbocycles. The van der Waals surface area contributed by atoms with Crippen molar-refractivity contribution in [2.45, 2.75) is 57.3 Å². The molecule has 2 fully saturated rings. The van der Waals surface area contributed by atoms with Crippen LogP contribution in [0.1, 0.15) is 69.0 Å². The molecule has 158 valence electrons. The number of rotatable bonds is 7. The lowest BCUT2D eigenvalue weighted by molar-refractivity contribution is -0.108. The second-order valence-electron chi connectivity index (χ2n) is 7.88. The highest BCUT2D eigenvalue weighted by Gasteiger charge is 2.43. The van der Waals surface area contributed by atoms with Crippen LogP contribution in [-0.2, 0) is 15.1 Å². The maximum Gasteiger partial charge on any atom is 0.259 e. The third-order valence-electron chi connectivity index (χ3n) is 6.20. The number of benzene rings is 1. The first kappa shape index (κ1) is 20.3. The van der Waals surface area contributed by atoms with Gasteiger partial charge in [-0.15, -0.1) is 0 Å². The summed E-state index contributed by atoms with van der Waals surface area (Å²) in [7, 11) is 1.70. The van der Waals surface area contributed by atoms with Crippen LogP contribution in [0.3, 0.4) is 0 Å². The van der Waals surface area contributed by atoms with Crippen LogP contribution in [-0.4, -0.2) is 48.5 Å². The third kappa shape index (κ3) is 4.17. The Kier molecular flexibility index (Phi) is 6.18. The van der Waals surface area contributed by atoms with Gasteiger partial charge in [-0.05, 0) is 57.2 Å². The third-order valence-corrected chi connectivity index (χ3v) is 6.20. The summed E-state index contributed by atoms with van der Waals surface area (Å²) in [6.45, 7) is 7.44. The summed E-state index contributed by atoms with van der Waals surface area (Å²) in [5.41, 5.74) is 0.746. The SMILES string of the molecule is CCOC1(c2nc([C@H]3CCCO3)no2)CCN([C@@H](C)c2cccc(OC)c2)CC1. The van der Waals surface area contributed by atoms with Crippen molar-refractivity contribution in [2.24, 2.45) is 0 Å². The van der Waals surface area contributed by atoms with E-state index in [0.29, 0.717) is 24.4 Å². The van der Waals surface area contributed by atoms with Gasteiger partial charge < -0.3 is 18.7 Å². The molecule has 0 bridgehead atoms. The number of likely N-dealkylation sites (tertiary alicyclic amines) is 1. The van der Waals surface area contributed by atoms with Gasteiger partial charge in [0.1, 0.15) is 17.5 Å². The van der Waals surface area contributed by atoms with E-state index in [-0.39, 0.29) is 6.10 Å². The fourth-order valence-electron chi connectivity index (χ4n) is 4.41. The minimum absolute atomic E-state index is 0.0423. The van der Waals surface area contributed by atoms with Gasteiger partial charge in [-0.3, -0.25) is 4.90 Å². The fourth-order valence-corrected chi connectivity index (χ4v) is 4.41. The lowest BCUT2D eigenvalue weighted by Crippen LogP contribution is -2.45. The quantitative estimate of drug-likeness (QED) is 0.694. The average Bonchev–Trinajstić information content (AvgIpc) is 3.46. The van der Waals surface area contributed by atoms with E-state index < -0.39 is 5.60 Å². The number of hydrogen-bond donors (Lipinski definition) is 0. The van der Waals surface area contributed by atoms with Crippen molar-refractivity contribution in [3.05, 3.63) is 41.5 Å². The number of aromatic nitrogens is 2. The second-order valence-corrected chi connectivity index (χ2v) is 7.88. The first-order valence-electron chi connectivity index (χ1n) is 10.6. The normalized spacial score (nSPS) is 23.2. The predicted octanol–water partition coefficient (Wildman–Crippen LogP) is 4.02. The minimum Gasteiger partial charge on any atom is -0.497 e. The Morgan fingerprint density at radius 2 is 2.14 bits per heavy atom.